The van der Waals surface area contributed by atoms with Crippen LogP contribution in [0.4, 0.5) is 0 Å². The maximum Gasteiger partial charge on any atom is 0 e. The van der Waals surface area contributed by atoms with Gasteiger partial charge in [-0.05, 0) is 0 Å². The summed E-state index contributed by atoms with van der Waals surface area (Å²) in [6.45, 7) is 6.25. The summed E-state index contributed by atoms with van der Waals surface area (Å²) in [6, 6.07) is 0. The van der Waals surface area contributed by atoms with Gasteiger partial charge in [0.1, 0.15) is 0 Å². The number of nitrogens with one attached hydrogen (secondary N) is 1. The first-order chi connectivity index (χ1) is 3.68. The van der Waals surface area contributed by atoms with E-state index in [1.165, 1.54) is 0 Å². The molecule has 0 atom stereocenters. The van der Waals surface area contributed by atoms with E-state index in [1.807, 2.05) is 0 Å². The van der Waals surface area contributed by atoms with Gasteiger partial charge in [0, 0.05) is 25.8 Å². The summed E-state index contributed by atoms with van der Waals surface area (Å²) in [7, 11) is 0. The third-order valence-corrected chi connectivity index (χ3v) is 2.03. The summed E-state index contributed by atoms with van der Waals surface area (Å²) in [5.41, 5.74) is 7.54. The minimum Gasteiger partial charge on any atom is -0.672 e. The molecule has 0 bridgehead atoms. The molecule has 0 rings (SSSR count). The molecule has 2 heteroatoms. The van der Waals surface area contributed by atoms with E-state index in [2.05, 4.69) is 20.8 Å². The van der Waals surface area contributed by atoms with Crippen molar-refractivity contribution in [3.05, 3.63) is 5.73 Å². The number of hydrogen-bond donors (Lipinski definition) is 0. The van der Waals surface area contributed by atoms with Gasteiger partial charge < -0.3 is 5.73 Å². The van der Waals surface area contributed by atoms with Crippen LogP contribution in [0.15, 0.2) is 0 Å². The molecule has 0 spiro atoms. The van der Waals surface area contributed by atoms with Crippen molar-refractivity contribution in [2.24, 2.45) is 0 Å². The minimum absolute atomic E-state index is 0. The van der Waals surface area contributed by atoms with Gasteiger partial charge in [0.05, 0.1) is 0 Å². The first kappa shape index (κ1) is 12.5. The standard InChI is InChI=1S/C7H16N.Hf/c1-4-7(8,5-2)6-3;/h8H,4-6H2,1-3H3;/q-1;. The molecule has 0 heterocycles. The molecular formula is C7H16HfN-. The van der Waals surface area contributed by atoms with Crippen LogP contribution in [0.25, 0.3) is 5.73 Å². The maximum absolute atomic E-state index is 7.67. The van der Waals surface area contributed by atoms with Gasteiger partial charge in [0.25, 0.3) is 0 Å². The molecule has 0 amide bonds. The Kier molecular flexibility index (Phi) is 7.78. The van der Waals surface area contributed by atoms with Crippen molar-refractivity contribution >= 4 is 0 Å². The van der Waals surface area contributed by atoms with Gasteiger partial charge in [-0.3, -0.25) is 0 Å². The fraction of sp³-hybridized carbons (Fsp3) is 1.00. The molecule has 0 saturated heterocycles. The molecular weight excluding hydrogens is 277 g/mol. The Morgan fingerprint density at radius 2 is 1.22 bits per heavy atom. The average molecular weight is 293 g/mol. The van der Waals surface area contributed by atoms with Crippen molar-refractivity contribution in [3.8, 4) is 0 Å². The van der Waals surface area contributed by atoms with Crippen molar-refractivity contribution in [2.75, 3.05) is 0 Å². The fourth-order valence-electron chi connectivity index (χ4n) is 0.750. The van der Waals surface area contributed by atoms with Crippen LogP contribution in [0.1, 0.15) is 40.0 Å². The van der Waals surface area contributed by atoms with Crippen molar-refractivity contribution in [2.45, 2.75) is 45.6 Å². The van der Waals surface area contributed by atoms with Crippen LogP contribution in [-0.4, -0.2) is 5.54 Å². The largest absolute Gasteiger partial charge is 0.672 e. The van der Waals surface area contributed by atoms with Gasteiger partial charge in [-0.2, -0.15) is 0 Å². The quantitative estimate of drug-likeness (QED) is 0.714. The van der Waals surface area contributed by atoms with Crippen molar-refractivity contribution in [1.29, 1.82) is 0 Å². The molecule has 1 N–H and O–H groups in total. The molecule has 0 aromatic carbocycles. The van der Waals surface area contributed by atoms with Crippen molar-refractivity contribution in [3.63, 3.8) is 0 Å². The zero-order valence-corrected chi connectivity index (χ0v) is 10.2. The van der Waals surface area contributed by atoms with Crippen molar-refractivity contribution in [1.82, 2.24) is 0 Å². The third kappa shape index (κ3) is 4.26. The summed E-state index contributed by atoms with van der Waals surface area (Å²) in [5, 5.41) is 0. The molecule has 0 aromatic rings. The molecule has 0 aliphatic heterocycles. The summed E-state index contributed by atoms with van der Waals surface area (Å²) in [4.78, 5) is 0. The van der Waals surface area contributed by atoms with Crippen LogP contribution in [0.5, 0.6) is 0 Å². The second-order valence-corrected chi connectivity index (χ2v) is 2.34. The zero-order chi connectivity index (χ0) is 6.62. The Morgan fingerprint density at radius 3 is 1.22 bits per heavy atom. The number of rotatable bonds is 3. The zero-order valence-electron chi connectivity index (χ0n) is 6.62. The van der Waals surface area contributed by atoms with E-state index >= 15 is 0 Å². The van der Waals surface area contributed by atoms with Crippen molar-refractivity contribution < 1.29 is 25.8 Å². The molecule has 0 radical (unpaired) electrons. The summed E-state index contributed by atoms with van der Waals surface area (Å²) < 4.78 is 0. The van der Waals surface area contributed by atoms with E-state index in [9.17, 15) is 0 Å². The summed E-state index contributed by atoms with van der Waals surface area (Å²) in [6.07, 6.45) is 2.96. The van der Waals surface area contributed by atoms with E-state index in [0.29, 0.717) is 0 Å². The fourth-order valence-corrected chi connectivity index (χ4v) is 0.750. The van der Waals surface area contributed by atoms with E-state index in [4.69, 9.17) is 5.73 Å². The molecule has 0 aliphatic rings. The second kappa shape index (κ2) is 5.60. The van der Waals surface area contributed by atoms with Crippen LogP contribution >= 0.6 is 0 Å². The first-order valence-electron chi connectivity index (χ1n) is 3.43. The Labute approximate surface area is 77.2 Å². The first-order valence-corrected chi connectivity index (χ1v) is 3.43. The number of hydrogen-bond acceptors (Lipinski definition) is 0. The average Bonchev–Trinajstić information content (AvgIpc) is 1.87. The topological polar surface area (TPSA) is 23.8 Å². The van der Waals surface area contributed by atoms with E-state index in [0.717, 1.165) is 19.3 Å². The molecule has 0 unspecified atom stereocenters. The Morgan fingerprint density at radius 1 is 1.00 bits per heavy atom. The Hall–Kier alpha value is 0.830. The smallest absolute Gasteiger partial charge is 0 e. The van der Waals surface area contributed by atoms with Gasteiger partial charge >= 0.3 is 0 Å². The van der Waals surface area contributed by atoms with E-state index < -0.39 is 0 Å². The van der Waals surface area contributed by atoms with Crippen LogP contribution < -0.4 is 0 Å². The van der Waals surface area contributed by atoms with Gasteiger partial charge in [0.2, 0.25) is 0 Å². The molecule has 54 valence electrons. The summed E-state index contributed by atoms with van der Waals surface area (Å²) >= 11 is 0. The molecule has 0 fully saturated rings. The second-order valence-electron chi connectivity index (χ2n) is 2.34. The molecule has 0 aliphatic carbocycles. The van der Waals surface area contributed by atoms with Crippen LogP contribution in [-0.2, 0) is 25.8 Å². The van der Waals surface area contributed by atoms with Gasteiger partial charge in [-0.1, -0.05) is 40.0 Å². The van der Waals surface area contributed by atoms with Gasteiger partial charge in [-0.15, -0.1) is 5.54 Å². The van der Waals surface area contributed by atoms with Crippen LogP contribution in [0, 0.1) is 0 Å². The minimum atomic E-state index is -0.125. The van der Waals surface area contributed by atoms with Crippen LogP contribution in [0.3, 0.4) is 0 Å². The monoisotopic (exact) mass is 294 g/mol. The molecule has 0 aromatic heterocycles. The van der Waals surface area contributed by atoms with E-state index in [-0.39, 0.29) is 31.4 Å². The molecule has 1 nitrogen and oxygen atoms in total. The Balaban J connectivity index is 0. The maximum atomic E-state index is 7.67. The third-order valence-electron chi connectivity index (χ3n) is 2.03. The predicted molar refractivity (Wildman–Crippen MR) is 37.9 cm³/mol. The molecule has 0 saturated carbocycles. The SMILES string of the molecule is CCC([NH-])(CC)CC.[Hf]. The Bertz CT molecular complexity index is 51.7. The van der Waals surface area contributed by atoms with Gasteiger partial charge in [-0.25, -0.2) is 0 Å². The predicted octanol–water partition coefficient (Wildman–Crippen LogP) is 3.00. The van der Waals surface area contributed by atoms with Crippen LogP contribution in [0.2, 0.25) is 0 Å². The van der Waals surface area contributed by atoms with Gasteiger partial charge in [0.15, 0.2) is 0 Å². The summed E-state index contributed by atoms with van der Waals surface area (Å²) in [5.74, 6) is 0. The van der Waals surface area contributed by atoms with E-state index in [1.54, 1.807) is 0 Å². The normalized spacial score (nSPS) is 10.7. The molecule has 9 heavy (non-hydrogen) atoms.